The highest BCUT2D eigenvalue weighted by Crippen LogP contribution is 2.29. The van der Waals surface area contributed by atoms with E-state index in [4.69, 9.17) is 4.74 Å². The molecule has 1 aliphatic rings. The van der Waals surface area contributed by atoms with Crippen LogP contribution < -0.4 is 0 Å². The summed E-state index contributed by atoms with van der Waals surface area (Å²) in [6, 6.07) is 0.654. The third kappa shape index (κ3) is 5.28. The van der Waals surface area contributed by atoms with Crippen LogP contribution in [-0.2, 0) is 4.74 Å². The van der Waals surface area contributed by atoms with Crippen molar-refractivity contribution in [3.8, 4) is 0 Å². The fourth-order valence-electron chi connectivity index (χ4n) is 1.99. The maximum absolute atomic E-state index is 10.1. The third-order valence-electron chi connectivity index (χ3n) is 2.94. The van der Waals surface area contributed by atoms with Crippen molar-refractivity contribution in [3.63, 3.8) is 0 Å². The van der Waals surface area contributed by atoms with E-state index in [0.717, 1.165) is 32.4 Å². The van der Waals surface area contributed by atoms with E-state index in [9.17, 15) is 5.11 Å². The van der Waals surface area contributed by atoms with Crippen LogP contribution >= 0.6 is 0 Å². The molecule has 1 rings (SSSR count). The minimum absolute atomic E-state index is 0.261. The Hall–Kier alpha value is -0.120. The van der Waals surface area contributed by atoms with Crippen LogP contribution in [-0.4, -0.2) is 41.5 Å². The Morgan fingerprint density at radius 3 is 2.56 bits per heavy atom. The van der Waals surface area contributed by atoms with Gasteiger partial charge in [-0.15, -0.1) is 0 Å². The summed E-state index contributed by atoms with van der Waals surface area (Å²) in [5.74, 6) is 0. The largest absolute Gasteiger partial charge is 0.379 e. The van der Waals surface area contributed by atoms with E-state index in [0.29, 0.717) is 12.1 Å². The maximum atomic E-state index is 10.1. The van der Waals surface area contributed by atoms with E-state index < -0.39 is 0 Å². The molecule has 1 atom stereocenters. The predicted octanol–water partition coefficient (Wildman–Crippen LogP) is 2.38. The van der Waals surface area contributed by atoms with Crippen LogP contribution in [0.3, 0.4) is 0 Å². The Morgan fingerprint density at radius 2 is 2.06 bits per heavy atom. The van der Waals surface area contributed by atoms with Gasteiger partial charge in [-0.05, 0) is 46.0 Å². The van der Waals surface area contributed by atoms with Crippen molar-refractivity contribution in [2.24, 2.45) is 0 Å². The first-order valence-electron chi connectivity index (χ1n) is 6.70. The fourth-order valence-corrected chi connectivity index (χ4v) is 1.99. The Morgan fingerprint density at radius 1 is 1.38 bits per heavy atom. The molecule has 0 unspecified atom stereocenters. The Balaban J connectivity index is 2.13. The third-order valence-corrected chi connectivity index (χ3v) is 2.94. The maximum Gasteiger partial charge on any atom is 0.107 e. The quantitative estimate of drug-likeness (QED) is 0.487. The highest BCUT2D eigenvalue weighted by atomic mass is 16.5. The topological polar surface area (TPSA) is 32.7 Å². The van der Waals surface area contributed by atoms with Gasteiger partial charge in [0.1, 0.15) is 6.23 Å². The highest BCUT2D eigenvalue weighted by molar-refractivity contribution is 4.85. The van der Waals surface area contributed by atoms with Crippen LogP contribution in [0.4, 0.5) is 0 Å². The molecule has 0 bridgehead atoms. The van der Waals surface area contributed by atoms with E-state index in [1.807, 2.05) is 13.8 Å². The second-order valence-corrected chi connectivity index (χ2v) is 5.01. The first-order valence-corrected chi connectivity index (χ1v) is 6.70. The average Bonchev–Trinajstić information content (AvgIpc) is 3.04. The molecule has 3 nitrogen and oxygen atoms in total. The van der Waals surface area contributed by atoms with Gasteiger partial charge in [-0.2, -0.15) is 0 Å². The molecule has 1 fully saturated rings. The number of ether oxygens (including phenoxy) is 1. The second kappa shape index (κ2) is 7.25. The zero-order chi connectivity index (χ0) is 12.0. The molecule has 0 amide bonds. The van der Waals surface area contributed by atoms with E-state index in [-0.39, 0.29) is 6.23 Å². The van der Waals surface area contributed by atoms with Gasteiger partial charge in [-0.3, -0.25) is 4.90 Å². The van der Waals surface area contributed by atoms with Gasteiger partial charge < -0.3 is 9.84 Å². The molecule has 0 aromatic carbocycles. The normalized spacial score (nSPS) is 18.4. The van der Waals surface area contributed by atoms with Gasteiger partial charge >= 0.3 is 0 Å². The van der Waals surface area contributed by atoms with E-state index in [2.05, 4.69) is 11.8 Å². The molecule has 0 saturated heterocycles. The highest BCUT2D eigenvalue weighted by Gasteiger charge is 2.32. The minimum Gasteiger partial charge on any atom is -0.379 e. The summed E-state index contributed by atoms with van der Waals surface area (Å²) in [6.07, 6.45) is 5.47. The Labute approximate surface area is 99.8 Å². The van der Waals surface area contributed by atoms with Crippen molar-refractivity contribution in [3.05, 3.63) is 0 Å². The van der Waals surface area contributed by atoms with Gasteiger partial charge in [0, 0.05) is 19.2 Å². The SMILES string of the molecule is CCCN(C1CC1)[C@@H](O)CCCOC(C)C. The molecular formula is C13H27NO2. The molecule has 1 N–H and O–H groups in total. The summed E-state index contributed by atoms with van der Waals surface area (Å²) in [5.41, 5.74) is 0. The summed E-state index contributed by atoms with van der Waals surface area (Å²) < 4.78 is 5.48. The van der Waals surface area contributed by atoms with Crippen molar-refractivity contribution in [2.45, 2.75) is 71.2 Å². The van der Waals surface area contributed by atoms with Crippen LogP contribution in [0, 0.1) is 0 Å². The van der Waals surface area contributed by atoms with Crippen molar-refractivity contribution in [1.82, 2.24) is 4.90 Å². The van der Waals surface area contributed by atoms with Crippen LogP contribution in [0.2, 0.25) is 0 Å². The molecule has 0 aromatic rings. The Bertz CT molecular complexity index is 181. The van der Waals surface area contributed by atoms with Gasteiger partial charge in [0.15, 0.2) is 0 Å². The summed E-state index contributed by atoms with van der Waals surface area (Å²) in [6.45, 7) is 8.05. The molecule has 0 aliphatic heterocycles. The van der Waals surface area contributed by atoms with E-state index >= 15 is 0 Å². The van der Waals surface area contributed by atoms with Crippen LogP contribution in [0.5, 0.6) is 0 Å². The van der Waals surface area contributed by atoms with Gasteiger partial charge in [-0.25, -0.2) is 0 Å². The van der Waals surface area contributed by atoms with Crippen LogP contribution in [0.25, 0.3) is 0 Å². The van der Waals surface area contributed by atoms with E-state index in [1.165, 1.54) is 12.8 Å². The fraction of sp³-hybridized carbons (Fsp3) is 1.00. The lowest BCUT2D eigenvalue weighted by Crippen LogP contribution is -2.37. The van der Waals surface area contributed by atoms with Crippen LogP contribution in [0.1, 0.15) is 52.9 Å². The summed E-state index contributed by atoms with van der Waals surface area (Å²) in [4.78, 5) is 2.26. The molecule has 3 heteroatoms. The number of aliphatic hydroxyl groups is 1. The summed E-state index contributed by atoms with van der Waals surface area (Å²) in [5, 5.41) is 10.1. The predicted molar refractivity (Wildman–Crippen MR) is 66.3 cm³/mol. The number of nitrogens with zero attached hydrogens (tertiary/aromatic N) is 1. The molecule has 0 spiro atoms. The molecule has 1 saturated carbocycles. The molecule has 1 aliphatic carbocycles. The monoisotopic (exact) mass is 229 g/mol. The zero-order valence-electron chi connectivity index (χ0n) is 11.0. The molecule has 0 aromatic heterocycles. The standard InChI is InChI=1S/C13H27NO2/c1-4-9-14(12-7-8-12)13(15)6-5-10-16-11(2)3/h11-13,15H,4-10H2,1-3H3/t13-/m0/s1. The number of aliphatic hydroxyl groups excluding tert-OH is 1. The minimum atomic E-state index is -0.261. The van der Waals surface area contributed by atoms with Gasteiger partial charge in [0.2, 0.25) is 0 Å². The molecule has 0 radical (unpaired) electrons. The lowest BCUT2D eigenvalue weighted by molar-refractivity contribution is -0.0179. The van der Waals surface area contributed by atoms with Gasteiger partial charge in [-0.1, -0.05) is 6.92 Å². The lowest BCUT2D eigenvalue weighted by Gasteiger charge is -2.27. The van der Waals surface area contributed by atoms with Gasteiger partial charge in [0.25, 0.3) is 0 Å². The first-order chi connectivity index (χ1) is 7.65. The molecule has 16 heavy (non-hydrogen) atoms. The Kier molecular flexibility index (Phi) is 6.32. The van der Waals surface area contributed by atoms with Crippen LogP contribution in [0.15, 0.2) is 0 Å². The van der Waals surface area contributed by atoms with Gasteiger partial charge in [0.05, 0.1) is 6.10 Å². The second-order valence-electron chi connectivity index (χ2n) is 5.01. The summed E-state index contributed by atoms with van der Waals surface area (Å²) in [7, 11) is 0. The van der Waals surface area contributed by atoms with Crippen molar-refractivity contribution in [1.29, 1.82) is 0 Å². The molecular weight excluding hydrogens is 202 g/mol. The van der Waals surface area contributed by atoms with Crippen molar-refractivity contribution < 1.29 is 9.84 Å². The van der Waals surface area contributed by atoms with Crippen molar-refractivity contribution in [2.75, 3.05) is 13.2 Å². The zero-order valence-corrected chi connectivity index (χ0v) is 11.0. The van der Waals surface area contributed by atoms with E-state index in [1.54, 1.807) is 0 Å². The number of hydrogen-bond donors (Lipinski definition) is 1. The summed E-state index contributed by atoms with van der Waals surface area (Å²) >= 11 is 0. The molecule has 0 heterocycles. The number of hydrogen-bond acceptors (Lipinski definition) is 3. The smallest absolute Gasteiger partial charge is 0.107 e. The molecule has 96 valence electrons. The van der Waals surface area contributed by atoms with Crippen molar-refractivity contribution >= 4 is 0 Å². The number of rotatable bonds is 9. The first kappa shape index (κ1) is 13.9. The lowest BCUT2D eigenvalue weighted by atomic mass is 10.2. The average molecular weight is 229 g/mol.